The first-order valence-corrected chi connectivity index (χ1v) is 4.32. The number of hydrogen-bond donors (Lipinski definition) is 0. The first kappa shape index (κ1) is 6.89. The molecule has 0 aliphatic heterocycles. The average Bonchev–Trinajstić information content (AvgIpc) is 2.08. The molecule has 0 spiro atoms. The van der Waals surface area contributed by atoms with Gasteiger partial charge in [0.25, 0.3) is 0 Å². The van der Waals surface area contributed by atoms with E-state index >= 15 is 0 Å². The fourth-order valence-corrected chi connectivity index (χ4v) is 1.79. The molecule has 1 atom stereocenters. The summed E-state index contributed by atoms with van der Waals surface area (Å²) in [7, 11) is 0.932. The third-order valence-electron chi connectivity index (χ3n) is 1.41. The van der Waals surface area contributed by atoms with Crippen LogP contribution < -0.4 is 0 Å². The van der Waals surface area contributed by atoms with Crippen LogP contribution in [0.15, 0.2) is 17.9 Å². The summed E-state index contributed by atoms with van der Waals surface area (Å²) in [6.45, 7) is 6.79. The molecule has 1 heteroatoms. The van der Waals surface area contributed by atoms with Crippen LogP contribution in [0.5, 0.6) is 0 Å². The molecule has 0 aliphatic carbocycles. The Kier molecular flexibility index (Phi) is 1.68. The average molecular weight is 140 g/mol. The fourth-order valence-electron chi connectivity index (χ4n) is 0.797. The van der Waals surface area contributed by atoms with E-state index in [2.05, 4.69) is 38.7 Å². The molecule has 1 rings (SSSR count). The number of hydrogen-bond acceptors (Lipinski definition) is 0. The minimum Gasteiger partial charge on any atom is -0.136 e. The van der Waals surface area contributed by atoms with Crippen LogP contribution in [0.25, 0.3) is 0 Å². The van der Waals surface area contributed by atoms with Gasteiger partial charge in [-0.2, -0.15) is 0 Å². The summed E-state index contributed by atoms with van der Waals surface area (Å²) in [6.07, 6.45) is 0. The molecule has 1 heterocycles. The van der Waals surface area contributed by atoms with Crippen molar-refractivity contribution >= 4 is 8.19 Å². The van der Waals surface area contributed by atoms with Crippen LogP contribution >= 0.6 is 8.19 Å². The van der Waals surface area contributed by atoms with Gasteiger partial charge in [0.05, 0.1) is 0 Å². The van der Waals surface area contributed by atoms with E-state index in [1.165, 1.54) is 0 Å². The SMILES string of the molecule is CC(C)(C)c1ccc[pH]1. The molecule has 0 bridgehead atoms. The van der Waals surface area contributed by atoms with Gasteiger partial charge in [-0.15, -0.1) is 8.19 Å². The molecule has 0 radical (unpaired) electrons. The van der Waals surface area contributed by atoms with Crippen molar-refractivity contribution in [2.24, 2.45) is 0 Å². The second-order valence-electron chi connectivity index (χ2n) is 3.33. The van der Waals surface area contributed by atoms with Gasteiger partial charge >= 0.3 is 0 Å². The maximum atomic E-state index is 2.26. The minimum atomic E-state index is 0.391. The van der Waals surface area contributed by atoms with Gasteiger partial charge in [-0.1, -0.05) is 32.9 Å². The summed E-state index contributed by atoms with van der Waals surface area (Å²) in [5.41, 5.74) is 0.391. The maximum Gasteiger partial charge on any atom is -0.00969 e. The van der Waals surface area contributed by atoms with Crippen molar-refractivity contribution in [2.45, 2.75) is 26.2 Å². The topological polar surface area (TPSA) is 0 Å². The van der Waals surface area contributed by atoms with Crippen LogP contribution in [-0.4, -0.2) is 0 Å². The third-order valence-corrected chi connectivity index (χ3v) is 2.99. The largest absolute Gasteiger partial charge is 0.136 e. The van der Waals surface area contributed by atoms with Crippen LogP contribution in [0.1, 0.15) is 26.1 Å². The van der Waals surface area contributed by atoms with Crippen LogP contribution in [0.3, 0.4) is 0 Å². The molecule has 0 fully saturated rings. The van der Waals surface area contributed by atoms with Gasteiger partial charge in [0.15, 0.2) is 0 Å². The van der Waals surface area contributed by atoms with Crippen molar-refractivity contribution in [3.63, 3.8) is 0 Å². The van der Waals surface area contributed by atoms with Crippen molar-refractivity contribution in [1.29, 1.82) is 0 Å². The molecule has 1 aromatic rings. The summed E-state index contributed by atoms with van der Waals surface area (Å²) in [4.78, 5) is 0. The molecule has 0 nitrogen and oxygen atoms in total. The Morgan fingerprint density at radius 1 is 1.33 bits per heavy atom. The van der Waals surface area contributed by atoms with E-state index in [-0.39, 0.29) is 0 Å². The van der Waals surface area contributed by atoms with Gasteiger partial charge in [-0.25, -0.2) is 0 Å². The monoisotopic (exact) mass is 140 g/mol. The summed E-state index contributed by atoms with van der Waals surface area (Å²) in [5.74, 6) is 2.24. The predicted molar refractivity (Wildman–Crippen MR) is 44.6 cm³/mol. The van der Waals surface area contributed by atoms with Gasteiger partial charge in [0.1, 0.15) is 0 Å². The van der Waals surface area contributed by atoms with Crippen LogP contribution in [0.2, 0.25) is 0 Å². The first-order valence-electron chi connectivity index (χ1n) is 3.24. The summed E-state index contributed by atoms with van der Waals surface area (Å²) in [6, 6.07) is 4.39. The molecule has 1 unspecified atom stereocenters. The van der Waals surface area contributed by atoms with Gasteiger partial charge in [-0.3, -0.25) is 0 Å². The van der Waals surface area contributed by atoms with Crippen LogP contribution in [0, 0.1) is 0 Å². The second-order valence-corrected chi connectivity index (χ2v) is 4.49. The van der Waals surface area contributed by atoms with Crippen molar-refractivity contribution in [2.75, 3.05) is 0 Å². The Morgan fingerprint density at radius 3 is 2.22 bits per heavy atom. The van der Waals surface area contributed by atoms with Crippen molar-refractivity contribution in [1.82, 2.24) is 0 Å². The van der Waals surface area contributed by atoms with E-state index < -0.39 is 0 Å². The lowest BCUT2D eigenvalue weighted by atomic mass is 9.95. The summed E-state index contributed by atoms with van der Waals surface area (Å²) in [5, 5.41) is 1.57. The van der Waals surface area contributed by atoms with Crippen molar-refractivity contribution in [3.8, 4) is 0 Å². The molecule has 0 N–H and O–H groups in total. The zero-order chi connectivity index (χ0) is 6.91. The van der Waals surface area contributed by atoms with Crippen LogP contribution in [0.4, 0.5) is 0 Å². The zero-order valence-corrected chi connectivity index (χ0v) is 7.23. The molecular weight excluding hydrogens is 127 g/mol. The third kappa shape index (κ3) is 1.59. The minimum absolute atomic E-state index is 0.391. The molecule has 0 aromatic carbocycles. The zero-order valence-electron chi connectivity index (χ0n) is 6.23. The van der Waals surface area contributed by atoms with E-state index in [0.717, 1.165) is 8.19 Å². The molecule has 9 heavy (non-hydrogen) atoms. The van der Waals surface area contributed by atoms with Gasteiger partial charge in [-0.05, 0) is 16.5 Å². The Bertz CT molecular complexity index is 167. The molecule has 0 saturated heterocycles. The highest BCUT2D eigenvalue weighted by Crippen LogP contribution is 2.29. The molecule has 0 aliphatic rings. The Balaban J connectivity index is 2.90. The molecule has 0 saturated carbocycles. The van der Waals surface area contributed by atoms with Crippen molar-refractivity contribution < 1.29 is 0 Å². The quantitative estimate of drug-likeness (QED) is 0.519. The standard InChI is InChI=1S/C8H13P/c1-8(2,3)7-5-4-6-9-7/h4-6,9H,1-3H3. The van der Waals surface area contributed by atoms with Crippen molar-refractivity contribution in [3.05, 3.63) is 23.2 Å². The normalized spacial score (nSPS) is 12.8. The first-order chi connectivity index (χ1) is 4.11. The highest BCUT2D eigenvalue weighted by molar-refractivity contribution is 7.30. The van der Waals surface area contributed by atoms with Gasteiger partial charge in [0.2, 0.25) is 0 Å². The van der Waals surface area contributed by atoms with E-state index in [1.807, 2.05) is 0 Å². The van der Waals surface area contributed by atoms with E-state index in [1.54, 1.807) is 5.30 Å². The highest BCUT2D eigenvalue weighted by atomic mass is 31.0. The lowest BCUT2D eigenvalue weighted by Crippen LogP contribution is -2.07. The van der Waals surface area contributed by atoms with E-state index in [4.69, 9.17) is 0 Å². The molecule has 1 aromatic heterocycles. The summed E-state index contributed by atoms with van der Waals surface area (Å²) < 4.78 is 0. The fraction of sp³-hybridized carbons (Fsp3) is 0.500. The molecular formula is C8H13P. The Hall–Kier alpha value is -0.220. The smallest absolute Gasteiger partial charge is 0.00969 e. The van der Waals surface area contributed by atoms with E-state index in [9.17, 15) is 0 Å². The second kappa shape index (κ2) is 2.19. The Morgan fingerprint density at radius 2 is 2.00 bits per heavy atom. The van der Waals surface area contributed by atoms with E-state index in [0.29, 0.717) is 5.41 Å². The van der Waals surface area contributed by atoms with Gasteiger partial charge < -0.3 is 0 Å². The molecule has 0 amide bonds. The maximum absolute atomic E-state index is 2.26. The molecule has 50 valence electrons. The van der Waals surface area contributed by atoms with Gasteiger partial charge in [0, 0.05) is 0 Å². The Labute approximate surface area is 58.4 Å². The van der Waals surface area contributed by atoms with Crippen LogP contribution in [-0.2, 0) is 5.41 Å². The predicted octanol–water partition coefficient (Wildman–Crippen LogP) is 3.02. The summed E-state index contributed by atoms with van der Waals surface area (Å²) >= 11 is 0. The lowest BCUT2D eigenvalue weighted by Gasteiger charge is -2.15. The lowest BCUT2D eigenvalue weighted by molar-refractivity contribution is 0.604. The highest BCUT2D eigenvalue weighted by Gasteiger charge is 2.12. The number of rotatable bonds is 0.